The molecule has 0 saturated heterocycles. The van der Waals surface area contributed by atoms with E-state index < -0.39 is 0 Å². The number of phenols is 2. The first-order chi connectivity index (χ1) is 13.6. The Bertz CT molecular complexity index is 1090. The van der Waals surface area contributed by atoms with E-state index in [0.717, 1.165) is 11.1 Å². The second-order valence-electron chi connectivity index (χ2n) is 5.86. The van der Waals surface area contributed by atoms with Gasteiger partial charge in [0.05, 0.1) is 11.1 Å². The second kappa shape index (κ2) is 8.40. The first kappa shape index (κ1) is 18.5. The summed E-state index contributed by atoms with van der Waals surface area (Å²) in [5.74, 6) is 11.6. The zero-order valence-electron chi connectivity index (χ0n) is 14.6. The van der Waals surface area contributed by atoms with E-state index in [1.807, 2.05) is 24.3 Å². The zero-order valence-corrected chi connectivity index (χ0v) is 14.6. The van der Waals surface area contributed by atoms with E-state index in [1.54, 1.807) is 12.1 Å². The van der Waals surface area contributed by atoms with Gasteiger partial charge in [0.1, 0.15) is 11.5 Å². The fourth-order valence-corrected chi connectivity index (χ4v) is 2.41. The lowest BCUT2D eigenvalue weighted by molar-refractivity contribution is 0.111. The van der Waals surface area contributed by atoms with E-state index in [1.165, 1.54) is 24.3 Å². The van der Waals surface area contributed by atoms with Crippen molar-refractivity contribution in [1.29, 1.82) is 0 Å². The van der Waals surface area contributed by atoms with Gasteiger partial charge in [-0.3, -0.25) is 9.59 Å². The predicted molar refractivity (Wildman–Crippen MR) is 105 cm³/mol. The van der Waals surface area contributed by atoms with Crippen LogP contribution in [-0.2, 0) is 0 Å². The van der Waals surface area contributed by atoms with E-state index in [2.05, 4.69) is 23.7 Å². The fraction of sp³-hybridized carbons (Fsp3) is 0. The van der Waals surface area contributed by atoms with Crippen LogP contribution in [0, 0.1) is 23.7 Å². The van der Waals surface area contributed by atoms with E-state index >= 15 is 0 Å². The SMILES string of the molecule is O=Cc1ccc(C#Cc2cccc(C#Cc3ccc(C=O)c(O)c3)c2)cc1O. The monoisotopic (exact) mass is 366 g/mol. The normalized spacial score (nSPS) is 9.43. The zero-order chi connectivity index (χ0) is 19.9. The van der Waals surface area contributed by atoms with Crippen LogP contribution >= 0.6 is 0 Å². The molecule has 3 rings (SSSR count). The minimum absolute atomic E-state index is 0.106. The van der Waals surface area contributed by atoms with E-state index in [-0.39, 0.29) is 22.6 Å². The summed E-state index contributed by atoms with van der Waals surface area (Å²) in [4.78, 5) is 21.5. The van der Waals surface area contributed by atoms with Crippen LogP contribution in [0.5, 0.6) is 11.5 Å². The molecule has 2 N–H and O–H groups in total. The van der Waals surface area contributed by atoms with Gasteiger partial charge < -0.3 is 10.2 Å². The Kier molecular flexibility index (Phi) is 5.55. The van der Waals surface area contributed by atoms with Crippen molar-refractivity contribution in [3.63, 3.8) is 0 Å². The molecule has 0 aromatic heterocycles. The fourth-order valence-electron chi connectivity index (χ4n) is 2.41. The maximum absolute atomic E-state index is 10.7. The quantitative estimate of drug-likeness (QED) is 0.538. The molecule has 3 aromatic rings. The van der Waals surface area contributed by atoms with Crippen LogP contribution in [0.2, 0.25) is 0 Å². The Hall–Kier alpha value is -4.28. The lowest BCUT2D eigenvalue weighted by Gasteiger charge is -1.97. The van der Waals surface area contributed by atoms with Crippen LogP contribution < -0.4 is 0 Å². The van der Waals surface area contributed by atoms with Gasteiger partial charge >= 0.3 is 0 Å². The molecule has 0 unspecified atom stereocenters. The van der Waals surface area contributed by atoms with Gasteiger partial charge in [-0.2, -0.15) is 0 Å². The molecule has 0 fully saturated rings. The molecule has 0 aliphatic carbocycles. The molecule has 0 spiro atoms. The Morgan fingerprint density at radius 1 is 0.571 bits per heavy atom. The van der Waals surface area contributed by atoms with Crippen LogP contribution in [0.15, 0.2) is 60.7 Å². The highest BCUT2D eigenvalue weighted by atomic mass is 16.3. The van der Waals surface area contributed by atoms with Crippen molar-refractivity contribution in [2.75, 3.05) is 0 Å². The standard InChI is InChI=1S/C24H14O4/c25-15-21-10-8-19(13-23(21)27)6-4-17-2-1-3-18(12-17)5-7-20-9-11-22(16-26)24(28)14-20/h1-3,8-16,27-28H. The molecular weight excluding hydrogens is 352 g/mol. The van der Waals surface area contributed by atoms with Crippen LogP contribution in [-0.4, -0.2) is 22.8 Å². The third-order valence-corrected chi connectivity index (χ3v) is 3.88. The van der Waals surface area contributed by atoms with Crippen molar-refractivity contribution in [2.24, 2.45) is 0 Å². The van der Waals surface area contributed by atoms with Gasteiger partial charge in [0.25, 0.3) is 0 Å². The van der Waals surface area contributed by atoms with Crippen LogP contribution in [0.25, 0.3) is 0 Å². The lowest BCUT2D eigenvalue weighted by atomic mass is 10.1. The van der Waals surface area contributed by atoms with Crippen molar-refractivity contribution >= 4 is 12.6 Å². The summed E-state index contributed by atoms with van der Waals surface area (Å²) in [5, 5.41) is 19.4. The highest BCUT2D eigenvalue weighted by Crippen LogP contribution is 2.17. The third kappa shape index (κ3) is 4.46. The average molecular weight is 366 g/mol. The number of phenolic OH excluding ortho intramolecular Hbond substituents is 2. The Morgan fingerprint density at radius 2 is 0.964 bits per heavy atom. The van der Waals surface area contributed by atoms with Crippen molar-refractivity contribution in [3.05, 3.63) is 94.0 Å². The van der Waals surface area contributed by atoms with E-state index in [9.17, 15) is 19.8 Å². The van der Waals surface area contributed by atoms with Gasteiger partial charge in [-0.15, -0.1) is 0 Å². The first-order valence-corrected chi connectivity index (χ1v) is 8.29. The maximum atomic E-state index is 10.7. The highest BCUT2D eigenvalue weighted by molar-refractivity contribution is 5.80. The summed E-state index contributed by atoms with van der Waals surface area (Å²) >= 11 is 0. The summed E-state index contributed by atoms with van der Waals surface area (Å²) in [6, 6.07) is 16.5. The third-order valence-electron chi connectivity index (χ3n) is 3.88. The molecule has 0 bridgehead atoms. The number of aldehydes is 2. The second-order valence-corrected chi connectivity index (χ2v) is 5.86. The maximum Gasteiger partial charge on any atom is 0.153 e. The van der Waals surface area contributed by atoms with Crippen LogP contribution in [0.1, 0.15) is 43.0 Å². The number of hydrogen-bond acceptors (Lipinski definition) is 4. The number of carbonyl (C=O) groups excluding carboxylic acids is 2. The number of aromatic hydroxyl groups is 2. The molecule has 134 valence electrons. The van der Waals surface area contributed by atoms with E-state index in [0.29, 0.717) is 23.7 Å². The summed E-state index contributed by atoms with van der Waals surface area (Å²) in [6.45, 7) is 0. The molecule has 4 heteroatoms. The van der Waals surface area contributed by atoms with Crippen LogP contribution in [0.3, 0.4) is 0 Å². The Labute approximate surface area is 162 Å². The van der Waals surface area contributed by atoms with E-state index in [4.69, 9.17) is 0 Å². The number of carbonyl (C=O) groups is 2. The minimum Gasteiger partial charge on any atom is -0.507 e. The predicted octanol–water partition coefficient (Wildman–Crippen LogP) is 3.52. The first-order valence-electron chi connectivity index (χ1n) is 8.29. The molecule has 0 aliphatic heterocycles. The molecule has 0 saturated carbocycles. The molecule has 0 atom stereocenters. The Balaban J connectivity index is 1.82. The molecule has 0 amide bonds. The molecule has 4 nitrogen and oxygen atoms in total. The van der Waals surface area contributed by atoms with Crippen LogP contribution in [0.4, 0.5) is 0 Å². The molecule has 0 aliphatic rings. The number of benzene rings is 3. The number of rotatable bonds is 2. The topological polar surface area (TPSA) is 74.6 Å². The molecular formula is C24H14O4. The lowest BCUT2D eigenvalue weighted by Crippen LogP contribution is -1.84. The summed E-state index contributed by atoms with van der Waals surface area (Å²) in [5.41, 5.74) is 3.09. The van der Waals surface area contributed by atoms with Crippen molar-refractivity contribution in [2.45, 2.75) is 0 Å². The molecule has 28 heavy (non-hydrogen) atoms. The summed E-state index contributed by atoms with van der Waals surface area (Å²) < 4.78 is 0. The van der Waals surface area contributed by atoms with Gasteiger partial charge in [0, 0.05) is 22.3 Å². The average Bonchev–Trinajstić information content (AvgIpc) is 2.71. The van der Waals surface area contributed by atoms with Gasteiger partial charge in [-0.25, -0.2) is 0 Å². The van der Waals surface area contributed by atoms with Gasteiger partial charge in [0.2, 0.25) is 0 Å². The summed E-state index contributed by atoms with van der Waals surface area (Å²) in [7, 11) is 0. The van der Waals surface area contributed by atoms with Gasteiger partial charge in [-0.1, -0.05) is 29.7 Å². The minimum atomic E-state index is -0.106. The van der Waals surface area contributed by atoms with Crippen molar-refractivity contribution in [1.82, 2.24) is 0 Å². The molecule has 0 radical (unpaired) electrons. The molecule has 0 heterocycles. The van der Waals surface area contributed by atoms with Crippen molar-refractivity contribution < 1.29 is 19.8 Å². The van der Waals surface area contributed by atoms with Gasteiger partial charge in [0.15, 0.2) is 12.6 Å². The smallest absolute Gasteiger partial charge is 0.153 e. The number of hydrogen-bond donors (Lipinski definition) is 2. The summed E-state index contributed by atoms with van der Waals surface area (Å²) in [6.07, 6.45) is 1.17. The van der Waals surface area contributed by atoms with Crippen molar-refractivity contribution in [3.8, 4) is 35.2 Å². The highest BCUT2D eigenvalue weighted by Gasteiger charge is 2.00. The Morgan fingerprint density at radius 3 is 1.32 bits per heavy atom. The largest absolute Gasteiger partial charge is 0.507 e. The molecule has 3 aromatic carbocycles. The van der Waals surface area contributed by atoms with Gasteiger partial charge in [-0.05, 0) is 54.6 Å².